The molecule has 0 radical (unpaired) electrons. The molecule has 0 spiro atoms. The number of aromatic nitrogens is 1. The number of hydrogen-bond donors (Lipinski definition) is 0. The van der Waals surface area contributed by atoms with Gasteiger partial charge in [-0.25, -0.2) is 0 Å². The zero-order chi connectivity index (χ0) is 12.5. The molecule has 0 aliphatic heterocycles. The van der Waals surface area contributed by atoms with Gasteiger partial charge in [-0.1, -0.05) is 55.5 Å². The number of para-hydroxylation sites is 1. The van der Waals surface area contributed by atoms with Gasteiger partial charge in [0.05, 0.1) is 0 Å². The van der Waals surface area contributed by atoms with Crippen LogP contribution in [0.4, 0.5) is 0 Å². The van der Waals surface area contributed by atoms with E-state index in [9.17, 15) is 0 Å². The second kappa shape index (κ2) is 4.34. The van der Waals surface area contributed by atoms with E-state index in [4.69, 9.17) is 0 Å². The molecule has 1 aromatic heterocycles. The largest absolute Gasteiger partial charge is 0.350 e. The van der Waals surface area contributed by atoms with Crippen molar-refractivity contribution in [1.29, 1.82) is 0 Å². The summed E-state index contributed by atoms with van der Waals surface area (Å²) in [5.74, 6) is 0.508. The highest BCUT2D eigenvalue weighted by molar-refractivity contribution is 5.95. The first-order valence-corrected chi connectivity index (χ1v) is 6.37. The molecule has 1 unspecified atom stereocenters. The normalized spacial score (nSPS) is 19.0. The second-order valence-electron chi connectivity index (χ2n) is 4.90. The van der Waals surface area contributed by atoms with Crippen molar-refractivity contribution < 1.29 is 0 Å². The van der Waals surface area contributed by atoms with Crippen LogP contribution < -0.4 is 0 Å². The van der Waals surface area contributed by atoms with Crippen molar-refractivity contribution in [2.24, 2.45) is 13.0 Å². The summed E-state index contributed by atoms with van der Waals surface area (Å²) in [6, 6.07) is 8.55. The molecule has 18 heavy (non-hydrogen) atoms. The fourth-order valence-electron chi connectivity index (χ4n) is 2.46. The highest BCUT2D eigenvalue weighted by Crippen LogP contribution is 2.28. The maximum absolute atomic E-state index is 2.25. The molecule has 0 saturated heterocycles. The van der Waals surface area contributed by atoms with E-state index in [1.54, 1.807) is 0 Å². The van der Waals surface area contributed by atoms with Crippen molar-refractivity contribution in [2.75, 3.05) is 0 Å². The molecule has 1 aliphatic carbocycles. The van der Waals surface area contributed by atoms with Crippen molar-refractivity contribution in [3.05, 3.63) is 66.4 Å². The van der Waals surface area contributed by atoms with Gasteiger partial charge in [0.25, 0.3) is 0 Å². The molecular formula is C17H17N. The Morgan fingerprint density at radius 3 is 2.83 bits per heavy atom. The van der Waals surface area contributed by atoms with Crippen molar-refractivity contribution >= 4 is 16.5 Å². The molecule has 0 N–H and O–H groups in total. The van der Waals surface area contributed by atoms with E-state index in [0.29, 0.717) is 5.92 Å². The molecule has 0 amide bonds. The maximum atomic E-state index is 2.25. The summed E-state index contributed by atoms with van der Waals surface area (Å²) in [7, 11) is 2.10. The summed E-state index contributed by atoms with van der Waals surface area (Å²) in [5.41, 5.74) is 3.87. The SMILES string of the molecule is CC1C=CC=C(c2cn(C)c3ccccc23)C=C1. The summed E-state index contributed by atoms with van der Waals surface area (Å²) < 4.78 is 2.19. The standard InChI is InChI=1S/C17H17N/c1-13-6-5-7-14(11-10-13)16-12-18(2)17-9-4-3-8-15(16)17/h3-13H,1-2H3. The molecule has 1 nitrogen and oxygen atoms in total. The number of benzene rings is 1. The molecule has 1 heterocycles. The van der Waals surface area contributed by atoms with E-state index in [2.05, 4.69) is 79.4 Å². The monoisotopic (exact) mass is 235 g/mol. The fraction of sp³-hybridized carbons (Fsp3) is 0.176. The van der Waals surface area contributed by atoms with Crippen LogP contribution >= 0.6 is 0 Å². The van der Waals surface area contributed by atoms with Crippen LogP contribution in [0, 0.1) is 5.92 Å². The van der Waals surface area contributed by atoms with E-state index in [1.807, 2.05) is 0 Å². The molecule has 1 aliphatic rings. The number of aryl methyl sites for hydroxylation is 1. The summed E-state index contributed by atoms with van der Waals surface area (Å²) in [5, 5.41) is 1.32. The summed E-state index contributed by atoms with van der Waals surface area (Å²) >= 11 is 0. The van der Waals surface area contributed by atoms with Gasteiger partial charge in [0.1, 0.15) is 0 Å². The number of fused-ring (bicyclic) bond motifs is 1. The van der Waals surface area contributed by atoms with E-state index in [1.165, 1.54) is 22.0 Å². The average Bonchev–Trinajstić information content (AvgIpc) is 2.57. The van der Waals surface area contributed by atoms with Gasteiger partial charge in [0.2, 0.25) is 0 Å². The highest BCUT2D eigenvalue weighted by Gasteiger charge is 2.09. The molecule has 90 valence electrons. The second-order valence-corrected chi connectivity index (χ2v) is 4.90. The minimum absolute atomic E-state index is 0.508. The third-order valence-corrected chi connectivity index (χ3v) is 3.48. The van der Waals surface area contributed by atoms with Gasteiger partial charge in [-0.15, -0.1) is 0 Å². The van der Waals surface area contributed by atoms with Gasteiger partial charge in [0.15, 0.2) is 0 Å². The Balaban J connectivity index is 2.18. The van der Waals surface area contributed by atoms with Crippen molar-refractivity contribution in [1.82, 2.24) is 4.57 Å². The van der Waals surface area contributed by atoms with Gasteiger partial charge in [-0.2, -0.15) is 0 Å². The van der Waals surface area contributed by atoms with Gasteiger partial charge in [-0.3, -0.25) is 0 Å². The molecular weight excluding hydrogens is 218 g/mol. The smallest absolute Gasteiger partial charge is 0.0484 e. The van der Waals surface area contributed by atoms with Gasteiger partial charge in [-0.05, 0) is 17.6 Å². The van der Waals surface area contributed by atoms with Gasteiger partial charge >= 0.3 is 0 Å². The fourth-order valence-corrected chi connectivity index (χ4v) is 2.46. The molecule has 1 heteroatoms. The van der Waals surface area contributed by atoms with Crippen LogP contribution in [0.5, 0.6) is 0 Å². The molecule has 0 fully saturated rings. The summed E-state index contributed by atoms with van der Waals surface area (Å²) in [6.45, 7) is 2.20. The van der Waals surface area contributed by atoms with Crippen LogP contribution in [0.25, 0.3) is 16.5 Å². The average molecular weight is 235 g/mol. The van der Waals surface area contributed by atoms with Crippen LogP contribution in [-0.4, -0.2) is 4.57 Å². The third-order valence-electron chi connectivity index (χ3n) is 3.48. The van der Waals surface area contributed by atoms with Crippen LogP contribution in [-0.2, 0) is 7.05 Å². The Kier molecular flexibility index (Phi) is 2.67. The molecule has 1 atom stereocenters. The van der Waals surface area contributed by atoms with Crippen LogP contribution in [0.2, 0.25) is 0 Å². The van der Waals surface area contributed by atoms with Crippen LogP contribution in [0.3, 0.4) is 0 Å². The van der Waals surface area contributed by atoms with E-state index in [-0.39, 0.29) is 0 Å². The van der Waals surface area contributed by atoms with E-state index < -0.39 is 0 Å². The first-order valence-electron chi connectivity index (χ1n) is 6.37. The third kappa shape index (κ3) is 1.82. The predicted octanol–water partition coefficient (Wildman–Crippen LogP) is 4.32. The Labute approximate surface area is 108 Å². The van der Waals surface area contributed by atoms with Crippen molar-refractivity contribution in [3.8, 4) is 0 Å². The number of rotatable bonds is 1. The predicted molar refractivity (Wildman–Crippen MR) is 78.3 cm³/mol. The topological polar surface area (TPSA) is 4.93 Å². The number of hydrogen-bond acceptors (Lipinski definition) is 0. The zero-order valence-corrected chi connectivity index (χ0v) is 10.8. The highest BCUT2D eigenvalue weighted by atomic mass is 14.9. The quantitative estimate of drug-likeness (QED) is 0.693. The molecule has 3 rings (SSSR count). The van der Waals surface area contributed by atoms with Gasteiger partial charge < -0.3 is 4.57 Å². The summed E-state index contributed by atoms with van der Waals surface area (Å²) in [4.78, 5) is 0. The van der Waals surface area contributed by atoms with E-state index in [0.717, 1.165) is 0 Å². The van der Waals surface area contributed by atoms with Crippen LogP contribution in [0.15, 0.2) is 60.8 Å². The van der Waals surface area contributed by atoms with Crippen molar-refractivity contribution in [2.45, 2.75) is 6.92 Å². The zero-order valence-electron chi connectivity index (χ0n) is 10.8. The first-order chi connectivity index (χ1) is 8.75. The van der Waals surface area contributed by atoms with Crippen molar-refractivity contribution in [3.63, 3.8) is 0 Å². The first kappa shape index (κ1) is 11.1. The Bertz CT molecular complexity index is 668. The van der Waals surface area contributed by atoms with E-state index >= 15 is 0 Å². The Morgan fingerprint density at radius 2 is 1.94 bits per heavy atom. The number of nitrogens with zero attached hydrogens (tertiary/aromatic N) is 1. The molecule has 2 aromatic rings. The Morgan fingerprint density at radius 1 is 1.11 bits per heavy atom. The lowest BCUT2D eigenvalue weighted by Gasteiger charge is -1.99. The maximum Gasteiger partial charge on any atom is 0.0484 e. The Hall–Kier alpha value is -2.02. The minimum Gasteiger partial charge on any atom is -0.350 e. The minimum atomic E-state index is 0.508. The molecule has 0 saturated carbocycles. The molecule has 0 bridgehead atoms. The summed E-state index contributed by atoms with van der Waals surface area (Å²) in [6.07, 6.45) is 13.3. The van der Waals surface area contributed by atoms with Crippen LogP contribution in [0.1, 0.15) is 12.5 Å². The lowest BCUT2D eigenvalue weighted by molar-refractivity contribution is 0.943. The lowest BCUT2D eigenvalue weighted by atomic mass is 10.0. The van der Waals surface area contributed by atoms with Gasteiger partial charge in [0, 0.05) is 29.7 Å². The lowest BCUT2D eigenvalue weighted by Crippen LogP contribution is -1.82. The number of allylic oxidation sites excluding steroid dienone is 6. The molecule has 1 aromatic carbocycles.